The van der Waals surface area contributed by atoms with Crippen LogP contribution in [-0.4, -0.2) is 57.3 Å². The quantitative estimate of drug-likeness (QED) is 0.0651. The summed E-state index contributed by atoms with van der Waals surface area (Å²) in [4.78, 5) is 0. The summed E-state index contributed by atoms with van der Waals surface area (Å²) in [6, 6.07) is 78.8. The van der Waals surface area contributed by atoms with E-state index in [0.717, 1.165) is 149 Å². The molecule has 0 spiro atoms. The molecule has 0 radical (unpaired) electrons. The van der Waals surface area contributed by atoms with Gasteiger partial charge >= 0.3 is 30.9 Å². The van der Waals surface area contributed by atoms with E-state index < -0.39 is 30.9 Å². The number of phenols is 1. The Morgan fingerprint density at radius 2 is 0.640 bits per heavy atom. The van der Waals surface area contributed by atoms with Gasteiger partial charge in [-0.25, -0.2) is 5.14 Å². The molecule has 0 bridgehead atoms. The van der Waals surface area contributed by atoms with Gasteiger partial charge in [0.1, 0.15) is 30.5 Å². The first-order valence-electron chi connectivity index (χ1n) is 41.7. The van der Waals surface area contributed by atoms with Crippen molar-refractivity contribution in [3.63, 3.8) is 0 Å². The predicted octanol–water partition coefficient (Wildman–Crippen LogP) is 19.7. The summed E-state index contributed by atoms with van der Waals surface area (Å²) in [5, 5.41) is 15.2. The van der Waals surface area contributed by atoms with Crippen molar-refractivity contribution in [3.05, 3.63) is 303 Å². The maximum absolute atomic E-state index is 14.0. The van der Waals surface area contributed by atoms with E-state index in [2.05, 4.69) is 87.5 Å². The highest BCUT2D eigenvalue weighted by molar-refractivity contribution is 7.84. The van der Waals surface area contributed by atoms with Crippen LogP contribution in [0.5, 0.6) is 17.2 Å². The molecule has 15 nitrogen and oxygen atoms in total. The average molecular weight is 1600 g/mol. The molecule has 0 aromatic heterocycles. The van der Waals surface area contributed by atoms with E-state index >= 15 is 0 Å². The second-order valence-corrected chi connectivity index (χ2v) is 39.2. The minimum atomic E-state index is -3.98. The molecule has 9 unspecified atom stereocenters. The van der Waals surface area contributed by atoms with E-state index in [1.165, 1.54) is 53.1 Å². The first kappa shape index (κ1) is 79.8. The van der Waals surface area contributed by atoms with Crippen molar-refractivity contribution in [2.75, 3.05) is 0 Å². The molecule has 3 N–H and O–H groups in total. The third kappa shape index (κ3) is 17.4. The van der Waals surface area contributed by atoms with Crippen LogP contribution in [0, 0.1) is 51.8 Å². The highest BCUT2D eigenvalue weighted by Gasteiger charge is 2.60. The third-order valence-electron chi connectivity index (χ3n) is 28.5. The first-order valence-corrected chi connectivity index (χ1v) is 45.9. The van der Waals surface area contributed by atoms with Gasteiger partial charge in [0.15, 0.2) is 0 Å². The SMILES string of the molecule is C[C@]12CCC3c4ccc(O)cc4CCC3C1CC[C@H]2OS(=O)(=O)N(Cc1ccccc1)Cc1ccccc1.C[C@]12CCC3c4ccc(OCc5ccccc5)cc4CCC3C1CC[C@H]2OS(=O)(=O)N(Cc1ccccc1)Cc1ccccc1.C[C@]12CCC3c4ccc(OCc5ccccc5)cc4CCC3C1CC[C@H]2OS(N)(=O)=O. The molecule has 0 saturated heterocycles. The summed E-state index contributed by atoms with van der Waals surface area (Å²) in [5.74, 6) is 6.80. The molecular formula is C96H111N3O12S3. The molecule has 6 saturated carbocycles. The average Bonchev–Trinajstić information content (AvgIpc) is 1.52. The van der Waals surface area contributed by atoms with Crippen LogP contribution in [0.3, 0.4) is 0 Å². The van der Waals surface area contributed by atoms with Crippen molar-refractivity contribution >= 4 is 30.9 Å². The minimum absolute atomic E-state index is 0.107. The Hall–Kier alpha value is -8.01. The van der Waals surface area contributed by atoms with Crippen LogP contribution >= 0.6 is 0 Å². The van der Waals surface area contributed by atoms with Crippen molar-refractivity contribution in [2.45, 2.75) is 212 Å². The summed E-state index contributed by atoms with van der Waals surface area (Å²) < 4.78 is 112. The molecule has 9 aromatic carbocycles. The Kier molecular flexibility index (Phi) is 23.7. The monoisotopic (exact) mass is 1590 g/mol. The van der Waals surface area contributed by atoms with E-state index in [-0.39, 0.29) is 60.7 Å². The van der Waals surface area contributed by atoms with Crippen LogP contribution < -0.4 is 14.6 Å². The lowest BCUT2D eigenvalue weighted by atomic mass is 9.55. The molecule has 0 amide bonds. The van der Waals surface area contributed by atoms with Crippen LogP contribution in [0.1, 0.15) is 202 Å². The number of hydrogen-bond acceptors (Lipinski definition) is 12. The van der Waals surface area contributed by atoms with Crippen molar-refractivity contribution in [1.82, 2.24) is 8.61 Å². The van der Waals surface area contributed by atoms with Gasteiger partial charge in [-0.15, -0.1) is 0 Å². The molecule has 18 heteroatoms. The Balaban J connectivity index is 0.000000131. The highest BCUT2D eigenvalue weighted by Crippen LogP contribution is 2.65. The number of hydrogen-bond donors (Lipinski definition) is 2. The summed E-state index contributed by atoms with van der Waals surface area (Å²) >= 11 is 0. The zero-order chi connectivity index (χ0) is 78.8. The molecule has 18 rings (SSSR count). The van der Waals surface area contributed by atoms with Crippen LogP contribution in [0.15, 0.2) is 237 Å². The highest BCUT2D eigenvalue weighted by atomic mass is 32.2. The molecule has 114 heavy (non-hydrogen) atoms. The Morgan fingerprint density at radius 3 is 0.956 bits per heavy atom. The second kappa shape index (κ2) is 33.9. The minimum Gasteiger partial charge on any atom is -0.508 e. The van der Waals surface area contributed by atoms with E-state index in [9.17, 15) is 30.4 Å². The maximum Gasteiger partial charge on any atom is 0.339 e. The van der Waals surface area contributed by atoms with E-state index in [4.69, 9.17) is 27.2 Å². The number of fused-ring (bicyclic) bond motifs is 15. The van der Waals surface area contributed by atoms with E-state index in [1.807, 2.05) is 170 Å². The lowest BCUT2D eigenvalue weighted by molar-refractivity contribution is -0.0114. The zero-order valence-corrected chi connectivity index (χ0v) is 68.5. The fourth-order valence-electron chi connectivity index (χ4n) is 22.8. The molecule has 15 atom stereocenters. The summed E-state index contributed by atoms with van der Waals surface area (Å²) in [6.45, 7) is 9.06. The normalized spacial score (nSPS) is 28.4. The zero-order valence-electron chi connectivity index (χ0n) is 66.0. The summed E-state index contributed by atoms with van der Waals surface area (Å²) in [6.07, 6.45) is 17.0. The summed E-state index contributed by atoms with van der Waals surface area (Å²) in [5.41, 5.74) is 14.1. The number of nitrogens with two attached hydrogens (primary N) is 1. The summed E-state index contributed by atoms with van der Waals surface area (Å²) in [7, 11) is -11.9. The van der Waals surface area contributed by atoms with Gasteiger partial charge in [-0.1, -0.05) is 221 Å². The molecule has 6 fully saturated rings. The van der Waals surface area contributed by atoms with Gasteiger partial charge in [-0.3, -0.25) is 12.5 Å². The fraction of sp³-hybridized carbons (Fsp3) is 0.438. The lowest BCUT2D eigenvalue weighted by Gasteiger charge is -2.50. The van der Waals surface area contributed by atoms with Crippen molar-refractivity contribution in [1.29, 1.82) is 0 Å². The van der Waals surface area contributed by atoms with Gasteiger partial charge in [-0.2, -0.15) is 33.9 Å². The van der Waals surface area contributed by atoms with Gasteiger partial charge in [0.05, 0.1) is 18.3 Å². The number of nitrogens with zero attached hydrogens (tertiary/aromatic N) is 2. The topological polar surface area (TPSA) is 201 Å². The number of ether oxygens (including phenoxy) is 2. The van der Waals surface area contributed by atoms with Gasteiger partial charge in [0.25, 0.3) is 0 Å². The van der Waals surface area contributed by atoms with Crippen LogP contribution in [0.25, 0.3) is 0 Å². The Morgan fingerprint density at radius 1 is 0.351 bits per heavy atom. The molecule has 9 aromatic rings. The molecule has 600 valence electrons. The van der Waals surface area contributed by atoms with Crippen molar-refractivity contribution in [3.8, 4) is 17.2 Å². The van der Waals surface area contributed by atoms with Gasteiger partial charge < -0.3 is 14.6 Å². The number of phenolic OH excluding ortho intramolecular Hbond substituents is 1. The largest absolute Gasteiger partial charge is 0.508 e. The standard InChI is InChI=1S/C39H43NO4S.C32H37NO4S.C25H31NO4S/c1-39-24-23-35-34-20-18-33(43-28-31-15-9-4-10-16-31)25-32(34)17-19-36(35)37(39)21-22-38(39)44-45(41,42)40(26-29-11-5-2-6-12-29)27-30-13-7-3-8-14-30;1-32-19-18-28-27-15-13-26(34)20-25(27)12-14-29(28)30(32)16-17-31(32)37-38(35,36)33(21-23-8-4-2-5-9-23)22-24-10-6-3-7-11-24;1-25-14-13-21-20-10-8-19(29-16-17-5-3-2-4-6-17)15-18(20)7-9-22(21)23(25)11-12-24(25)30-31(26,27)28/h2-16,18,20,25,35-38H,17,19,21-24,26-28H2,1H3;2-11,13,15,20,28-31,34H,12,14,16-19,21-22H2,1H3;2-6,8,10,15,21-24H,7,9,11-14,16H2,1H3,(H2,26,27,28)/t35?,36?,37?,38-,39+;28?,29?,30?,31-,32+;21?,22?,23?,24-,25+/m111/s1. The van der Waals surface area contributed by atoms with Gasteiger partial charge in [0, 0.05) is 26.2 Å². The number of rotatable bonds is 22. The predicted molar refractivity (Wildman–Crippen MR) is 446 cm³/mol. The third-order valence-corrected chi connectivity index (χ3v) is 31.7. The first-order chi connectivity index (χ1) is 55.1. The van der Waals surface area contributed by atoms with Crippen molar-refractivity contribution < 1.29 is 52.4 Å². The molecule has 0 heterocycles. The van der Waals surface area contributed by atoms with E-state index in [1.54, 1.807) is 0 Å². The number of benzene rings is 9. The fourth-order valence-corrected chi connectivity index (χ4v) is 26.2. The van der Waals surface area contributed by atoms with Crippen LogP contribution in [-0.2, 0) is 102 Å². The molecule has 0 aliphatic heterocycles. The second-order valence-electron chi connectivity index (χ2n) is 34.9. The van der Waals surface area contributed by atoms with Crippen LogP contribution in [0.2, 0.25) is 0 Å². The maximum atomic E-state index is 14.0. The smallest absolute Gasteiger partial charge is 0.339 e. The molecule has 9 aliphatic rings. The van der Waals surface area contributed by atoms with Gasteiger partial charge in [0.2, 0.25) is 0 Å². The molecular weight excluding hydrogens is 1480 g/mol. The van der Waals surface area contributed by atoms with Gasteiger partial charge in [-0.05, 0) is 288 Å². The Bertz CT molecular complexity index is 5050. The number of aromatic hydroxyl groups is 1. The van der Waals surface area contributed by atoms with Crippen molar-refractivity contribution in [2.24, 2.45) is 56.9 Å². The number of aryl methyl sites for hydroxylation is 3. The van der Waals surface area contributed by atoms with E-state index in [0.29, 0.717) is 72.2 Å². The lowest BCUT2D eigenvalue weighted by Crippen LogP contribution is -2.46. The molecule has 9 aliphatic carbocycles. The van der Waals surface area contributed by atoms with Crippen LogP contribution in [0.4, 0.5) is 0 Å². The Labute approximate surface area is 676 Å².